The van der Waals surface area contributed by atoms with Gasteiger partial charge in [-0.05, 0) is 31.2 Å². The number of amides is 1. The minimum absolute atomic E-state index is 0.0544. The lowest BCUT2D eigenvalue weighted by Crippen LogP contribution is -2.38. The maximum atomic E-state index is 12.4. The van der Waals surface area contributed by atoms with Crippen LogP contribution >= 0.6 is 0 Å². The van der Waals surface area contributed by atoms with Gasteiger partial charge in [0.2, 0.25) is 0 Å². The number of piperidine rings is 1. The molecule has 0 spiro atoms. The van der Waals surface area contributed by atoms with Crippen LogP contribution in [-0.2, 0) is 4.79 Å². The van der Waals surface area contributed by atoms with E-state index in [4.69, 9.17) is 0 Å². The zero-order chi connectivity index (χ0) is 15.9. The lowest BCUT2D eigenvalue weighted by atomic mass is 9.99. The molecule has 1 fully saturated rings. The Hall–Kier alpha value is -2.28. The normalized spacial score (nSPS) is 17.7. The summed E-state index contributed by atoms with van der Waals surface area (Å²) in [7, 11) is 0. The van der Waals surface area contributed by atoms with Crippen molar-refractivity contribution in [1.29, 1.82) is 5.26 Å². The zero-order valence-electron chi connectivity index (χ0n) is 13.2. The fourth-order valence-electron chi connectivity index (χ4n) is 2.57. The van der Waals surface area contributed by atoms with Gasteiger partial charge < -0.3 is 10.2 Å². The van der Waals surface area contributed by atoms with Crippen molar-refractivity contribution >= 4 is 5.91 Å². The third-order valence-electron chi connectivity index (χ3n) is 4.20. The van der Waals surface area contributed by atoms with Gasteiger partial charge in [-0.15, -0.1) is 0 Å². The van der Waals surface area contributed by atoms with E-state index in [1.165, 1.54) is 0 Å². The van der Waals surface area contributed by atoms with Crippen LogP contribution in [0.4, 0.5) is 0 Å². The maximum Gasteiger partial charge on any atom is 0.265 e. The predicted octanol–water partition coefficient (Wildman–Crippen LogP) is 3.00. The maximum absolute atomic E-state index is 12.4. The Labute approximate surface area is 132 Å². The van der Waals surface area contributed by atoms with E-state index in [1.54, 1.807) is 11.1 Å². The van der Waals surface area contributed by atoms with Crippen LogP contribution in [0.1, 0.15) is 38.3 Å². The molecule has 1 heterocycles. The van der Waals surface area contributed by atoms with Crippen molar-refractivity contribution in [1.82, 2.24) is 10.2 Å². The molecule has 1 aromatic carbocycles. The fourth-order valence-corrected chi connectivity index (χ4v) is 2.57. The summed E-state index contributed by atoms with van der Waals surface area (Å²) in [6.07, 6.45) is 3.58. The number of carbonyl (C=O) groups excluding carboxylic acids is 1. The van der Waals surface area contributed by atoms with Gasteiger partial charge in [-0.2, -0.15) is 5.26 Å². The zero-order valence-corrected chi connectivity index (χ0v) is 13.2. The molecule has 1 unspecified atom stereocenters. The van der Waals surface area contributed by atoms with Gasteiger partial charge in [-0.25, -0.2) is 0 Å². The average Bonchev–Trinajstić information content (AvgIpc) is 2.56. The van der Waals surface area contributed by atoms with Crippen LogP contribution in [0.5, 0.6) is 0 Å². The van der Waals surface area contributed by atoms with Crippen molar-refractivity contribution in [2.24, 2.45) is 5.92 Å². The van der Waals surface area contributed by atoms with Crippen molar-refractivity contribution in [3.05, 3.63) is 47.7 Å². The molecule has 4 heteroatoms. The molecule has 1 aromatic rings. The van der Waals surface area contributed by atoms with Gasteiger partial charge in [0.05, 0.1) is 0 Å². The van der Waals surface area contributed by atoms with E-state index in [0.717, 1.165) is 31.5 Å². The monoisotopic (exact) mass is 297 g/mol. The molecule has 4 nitrogen and oxygen atoms in total. The first kappa shape index (κ1) is 16.1. The van der Waals surface area contributed by atoms with Gasteiger partial charge >= 0.3 is 0 Å². The van der Waals surface area contributed by atoms with E-state index in [1.807, 2.05) is 43.3 Å². The first-order chi connectivity index (χ1) is 10.6. The summed E-state index contributed by atoms with van der Waals surface area (Å²) in [5.74, 6) is 0.497. The molecule has 22 heavy (non-hydrogen) atoms. The Morgan fingerprint density at radius 1 is 1.36 bits per heavy atom. The first-order valence-corrected chi connectivity index (χ1v) is 7.82. The van der Waals surface area contributed by atoms with E-state index in [0.29, 0.717) is 5.92 Å². The number of carbonyl (C=O) groups is 1. The number of nitrogens with zero attached hydrogens (tertiary/aromatic N) is 2. The van der Waals surface area contributed by atoms with Crippen molar-refractivity contribution in [3.63, 3.8) is 0 Å². The second-order valence-corrected chi connectivity index (χ2v) is 5.94. The third-order valence-corrected chi connectivity index (χ3v) is 4.20. The minimum Gasteiger partial charge on any atom is -0.383 e. The lowest BCUT2D eigenvalue weighted by Gasteiger charge is -2.30. The number of rotatable bonds is 4. The summed E-state index contributed by atoms with van der Waals surface area (Å²) in [5, 5.41) is 12.4. The topological polar surface area (TPSA) is 56.1 Å². The molecule has 1 aliphatic rings. The SMILES string of the molecule is CC1CCN(C(=O)/C(C#N)=C\NC(C)c2ccccc2)CC1. The summed E-state index contributed by atoms with van der Waals surface area (Å²) < 4.78 is 0. The first-order valence-electron chi connectivity index (χ1n) is 7.82. The summed E-state index contributed by atoms with van der Waals surface area (Å²) in [5.41, 5.74) is 1.30. The van der Waals surface area contributed by atoms with Crippen molar-refractivity contribution < 1.29 is 4.79 Å². The summed E-state index contributed by atoms with van der Waals surface area (Å²) in [4.78, 5) is 14.2. The molecule has 1 saturated heterocycles. The number of hydrogen-bond donors (Lipinski definition) is 1. The Morgan fingerprint density at radius 3 is 2.59 bits per heavy atom. The standard InChI is InChI=1S/C18H23N3O/c1-14-8-10-21(11-9-14)18(22)17(12-19)13-20-15(2)16-6-4-3-5-7-16/h3-7,13-15,20H,8-11H2,1-2H3/b17-13-. The molecule has 1 amide bonds. The number of benzene rings is 1. The molecule has 0 bridgehead atoms. The molecule has 1 atom stereocenters. The van der Waals surface area contributed by atoms with E-state index in [-0.39, 0.29) is 17.5 Å². The summed E-state index contributed by atoms with van der Waals surface area (Å²) in [6, 6.07) is 12.0. The van der Waals surface area contributed by atoms with Gasteiger partial charge in [0.25, 0.3) is 5.91 Å². The molecule has 2 rings (SSSR count). The number of nitriles is 1. The molecule has 116 valence electrons. The highest BCUT2D eigenvalue weighted by atomic mass is 16.2. The molecule has 1 N–H and O–H groups in total. The van der Waals surface area contributed by atoms with Gasteiger partial charge in [0.15, 0.2) is 0 Å². The highest BCUT2D eigenvalue weighted by Gasteiger charge is 2.23. The summed E-state index contributed by atoms with van der Waals surface area (Å²) >= 11 is 0. The molecule has 0 radical (unpaired) electrons. The highest BCUT2D eigenvalue weighted by molar-refractivity contribution is 5.97. The second-order valence-electron chi connectivity index (χ2n) is 5.94. The smallest absolute Gasteiger partial charge is 0.265 e. The fraction of sp³-hybridized carbons (Fsp3) is 0.444. The van der Waals surface area contributed by atoms with Crippen LogP contribution < -0.4 is 5.32 Å². The Kier molecular flexibility index (Phi) is 5.60. The van der Waals surface area contributed by atoms with E-state index in [2.05, 4.69) is 12.2 Å². The Bertz CT molecular complexity index is 566. The van der Waals surface area contributed by atoms with E-state index < -0.39 is 0 Å². The highest BCUT2D eigenvalue weighted by Crippen LogP contribution is 2.18. The number of hydrogen-bond acceptors (Lipinski definition) is 3. The van der Waals surface area contributed by atoms with Gasteiger partial charge in [-0.3, -0.25) is 4.79 Å². The Morgan fingerprint density at radius 2 is 2.00 bits per heavy atom. The minimum atomic E-state index is -0.165. The van der Waals surface area contributed by atoms with Gasteiger partial charge in [0, 0.05) is 25.3 Å². The van der Waals surface area contributed by atoms with E-state index in [9.17, 15) is 10.1 Å². The van der Waals surface area contributed by atoms with Crippen LogP contribution in [0.25, 0.3) is 0 Å². The van der Waals surface area contributed by atoms with Crippen molar-refractivity contribution in [3.8, 4) is 6.07 Å². The van der Waals surface area contributed by atoms with Crippen molar-refractivity contribution in [2.75, 3.05) is 13.1 Å². The summed E-state index contributed by atoms with van der Waals surface area (Å²) in [6.45, 7) is 5.69. The van der Waals surface area contributed by atoms with Crippen LogP contribution in [0, 0.1) is 17.2 Å². The Balaban J connectivity index is 1.98. The molecule has 0 saturated carbocycles. The molecule has 0 aliphatic carbocycles. The average molecular weight is 297 g/mol. The van der Waals surface area contributed by atoms with Crippen LogP contribution in [0.2, 0.25) is 0 Å². The van der Waals surface area contributed by atoms with Crippen LogP contribution in [0.3, 0.4) is 0 Å². The lowest BCUT2D eigenvalue weighted by molar-refractivity contribution is -0.128. The molecule has 0 aromatic heterocycles. The largest absolute Gasteiger partial charge is 0.383 e. The molecular weight excluding hydrogens is 274 g/mol. The van der Waals surface area contributed by atoms with Crippen LogP contribution in [0.15, 0.2) is 42.1 Å². The number of likely N-dealkylation sites (tertiary alicyclic amines) is 1. The second kappa shape index (κ2) is 7.65. The van der Waals surface area contributed by atoms with Crippen molar-refractivity contribution in [2.45, 2.75) is 32.7 Å². The van der Waals surface area contributed by atoms with Crippen LogP contribution in [-0.4, -0.2) is 23.9 Å². The predicted molar refractivity (Wildman–Crippen MR) is 86.7 cm³/mol. The molecular formula is C18H23N3O. The molecule has 1 aliphatic heterocycles. The number of nitrogens with one attached hydrogen (secondary N) is 1. The van der Waals surface area contributed by atoms with Gasteiger partial charge in [-0.1, -0.05) is 37.3 Å². The van der Waals surface area contributed by atoms with Gasteiger partial charge in [0.1, 0.15) is 11.6 Å². The third kappa shape index (κ3) is 4.11. The quantitative estimate of drug-likeness (QED) is 0.686. The van der Waals surface area contributed by atoms with E-state index >= 15 is 0 Å².